The van der Waals surface area contributed by atoms with E-state index in [1.807, 2.05) is 11.6 Å². The second kappa shape index (κ2) is 8.38. The number of hydrogen-bond acceptors (Lipinski definition) is 7. The van der Waals surface area contributed by atoms with E-state index in [2.05, 4.69) is 30.6 Å². The van der Waals surface area contributed by atoms with Crippen molar-refractivity contribution in [3.63, 3.8) is 0 Å². The summed E-state index contributed by atoms with van der Waals surface area (Å²) in [4.78, 5) is 10.3. The van der Waals surface area contributed by atoms with Crippen molar-refractivity contribution in [1.82, 2.24) is 24.6 Å². The first kappa shape index (κ1) is 20.9. The number of ether oxygens (including phenoxy) is 1. The molecule has 1 aliphatic carbocycles. The summed E-state index contributed by atoms with van der Waals surface area (Å²) >= 11 is 0. The van der Waals surface area contributed by atoms with Crippen LogP contribution in [0, 0.1) is 6.92 Å². The molecule has 1 saturated heterocycles. The van der Waals surface area contributed by atoms with Crippen LogP contribution in [0.1, 0.15) is 37.1 Å². The Morgan fingerprint density at radius 3 is 2.57 bits per heavy atom. The first-order valence-corrected chi connectivity index (χ1v) is 10.2. The second-order valence-corrected chi connectivity index (χ2v) is 7.62. The molecule has 0 unspecified atom stereocenters. The van der Waals surface area contributed by atoms with Gasteiger partial charge in [-0.25, -0.2) is 4.98 Å². The van der Waals surface area contributed by atoms with Gasteiger partial charge in [0, 0.05) is 31.9 Å². The van der Waals surface area contributed by atoms with Crippen LogP contribution in [0.5, 0.6) is 0 Å². The van der Waals surface area contributed by atoms with E-state index in [4.69, 9.17) is 4.74 Å². The number of aromatic nitrogens is 4. The first-order chi connectivity index (χ1) is 14.4. The lowest BCUT2D eigenvalue weighted by molar-refractivity contribution is -0.137. The van der Waals surface area contributed by atoms with Crippen LogP contribution < -0.4 is 10.6 Å². The Morgan fingerprint density at radius 2 is 1.90 bits per heavy atom. The van der Waals surface area contributed by atoms with Crippen LogP contribution in [-0.2, 0) is 10.9 Å². The number of alkyl halides is 3. The van der Waals surface area contributed by atoms with Crippen molar-refractivity contribution in [3.8, 4) is 0 Å². The van der Waals surface area contributed by atoms with Crippen LogP contribution in [-0.4, -0.2) is 63.5 Å². The van der Waals surface area contributed by atoms with Gasteiger partial charge in [0.1, 0.15) is 11.4 Å². The summed E-state index contributed by atoms with van der Waals surface area (Å²) in [7, 11) is 0. The maximum Gasteiger partial charge on any atom is 0.421 e. The van der Waals surface area contributed by atoms with Gasteiger partial charge in [-0.1, -0.05) is 0 Å². The lowest BCUT2D eigenvalue weighted by Gasteiger charge is -2.44. The summed E-state index contributed by atoms with van der Waals surface area (Å²) in [6.07, 6.45) is 0.0159. The summed E-state index contributed by atoms with van der Waals surface area (Å²) in [5.74, 6) is -0.138. The summed E-state index contributed by atoms with van der Waals surface area (Å²) in [5.41, 5.74) is 0.715. The lowest BCUT2D eigenvalue weighted by Crippen LogP contribution is -2.50. The minimum atomic E-state index is -4.52. The van der Waals surface area contributed by atoms with E-state index in [9.17, 15) is 13.2 Å². The summed E-state index contributed by atoms with van der Waals surface area (Å²) in [6.45, 7) is 7.50. The smallest absolute Gasteiger partial charge is 0.379 e. The van der Waals surface area contributed by atoms with Crippen molar-refractivity contribution in [2.24, 2.45) is 0 Å². The second-order valence-electron chi connectivity index (χ2n) is 7.62. The molecule has 0 radical (unpaired) electrons. The van der Waals surface area contributed by atoms with Gasteiger partial charge in [0.05, 0.1) is 36.8 Å². The minimum absolute atomic E-state index is 0.0985. The number of nitrogens with zero attached hydrogens (tertiary/aromatic N) is 5. The predicted molar refractivity (Wildman–Crippen MR) is 106 cm³/mol. The van der Waals surface area contributed by atoms with Crippen molar-refractivity contribution in [1.29, 1.82) is 0 Å². The molecule has 2 aliphatic rings. The van der Waals surface area contributed by atoms with E-state index in [0.29, 0.717) is 24.3 Å². The Balaban J connectivity index is 1.44. The highest BCUT2D eigenvalue weighted by Gasteiger charge is 2.37. The van der Waals surface area contributed by atoms with Crippen molar-refractivity contribution < 1.29 is 17.9 Å². The largest absolute Gasteiger partial charge is 0.421 e. The van der Waals surface area contributed by atoms with Gasteiger partial charge in [0.25, 0.3) is 0 Å². The van der Waals surface area contributed by atoms with E-state index in [-0.39, 0.29) is 11.8 Å². The Bertz CT molecular complexity index is 873. The maximum absolute atomic E-state index is 13.1. The van der Waals surface area contributed by atoms with Crippen LogP contribution in [0.25, 0.3) is 0 Å². The van der Waals surface area contributed by atoms with Gasteiger partial charge in [-0.3, -0.25) is 9.58 Å². The van der Waals surface area contributed by atoms with Crippen molar-refractivity contribution >= 4 is 17.5 Å². The SMILES string of the molecule is CCNc1nc(Nc2cnn([C@H]3C[C@@H](N4CCOCC4)C3)c2C)ncc1C(F)(F)F. The van der Waals surface area contributed by atoms with E-state index in [1.165, 1.54) is 0 Å². The van der Waals surface area contributed by atoms with Crippen LogP contribution in [0.15, 0.2) is 12.4 Å². The zero-order chi connectivity index (χ0) is 21.3. The maximum atomic E-state index is 13.1. The molecule has 8 nitrogen and oxygen atoms in total. The average Bonchev–Trinajstić information content (AvgIpc) is 3.01. The van der Waals surface area contributed by atoms with Crippen molar-refractivity contribution in [3.05, 3.63) is 23.7 Å². The van der Waals surface area contributed by atoms with Crippen LogP contribution in [0.2, 0.25) is 0 Å². The first-order valence-electron chi connectivity index (χ1n) is 10.2. The molecule has 0 amide bonds. The normalized spacial score (nSPS) is 22.6. The Morgan fingerprint density at radius 1 is 1.17 bits per heavy atom. The molecule has 4 rings (SSSR count). The summed E-state index contributed by atoms with van der Waals surface area (Å²) in [5, 5.41) is 10.2. The van der Waals surface area contributed by atoms with E-state index < -0.39 is 11.7 Å². The van der Waals surface area contributed by atoms with Gasteiger partial charge in [-0.15, -0.1) is 0 Å². The molecule has 0 spiro atoms. The highest BCUT2D eigenvalue weighted by atomic mass is 19.4. The molecule has 3 heterocycles. The zero-order valence-corrected chi connectivity index (χ0v) is 17.0. The molecular weight excluding hydrogens is 399 g/mol. The molecule has 1 aliphatic heterocycles. The molecule has 2 N–H and O–H groups in total. The molecule has 11 heteroatoms. The average molecular weight is 425 g/mol. The third-order valence-electron chi connectivity index (χ3n) is 5.73. The fourth-order valence-corrected chi connectivity index (χ4v) is 3.99. The molecule has 0 aromatic carbocycles. The van der Waals surface area contributed by atoms with Crippen molar-refractivity contribution in [2.45, 2.75) is 44.9 Å². The molecule has 2 fully saturated rings. The van der Waals surface area contributed by atoms with E-state index in [1.54, 1.807) is 13.1 Å². The fourth-order valence-electron chi connectivity index (χ4n) is 3.99. The molecular formula is C19H26F3N7O. The van der Waals surface area contributed by atoms with Gasteiger partial charge in [0.15, 0.2) is 0 Å². The summed E-state index contributed by atoms with van der Waals surface area (Å²) < 4.78 is 46.8. The molecule has 30 heavy (non-hydrogen) atoms. The number of rotatable bonds is 6. The third-order valence-corrected chi connectivity index (χ3v) is 5.73. The number of hydrogen-bond donors (Lipinski definition) is 2. The number of halogens is 3. The zero-order valence-electron chi connectivity index (χ0n) is 17.0. The molecule has 2 aromatic heterocycles. The molecule has 0 bridgehead atoms. The van der Waals surface area contributed by atoms with Gasteiger partial charge >= 0.3 is 6.18 Å². The van der Waals surface area contributed by atoms with Crippen LogP contribution in [0.3, 0.4) is 0 Å². The standard InChI is InChI=1S/C19H26F3N7O/c1-3-23-17-15(19(20,21)22)10-24-18(27-17)26-16-11-25-29(12(16)2)14-8-13(9-14)28-4-6-30-7-5-28/h10-11,13-14H,3-9H2,1-2H3,(H2,23,24,26,27)/t13-,14+. The van der Waals surface area contributed by atoms with E-state index >= 15 is 0 Å². The van der Waals surface area contributed by atoms with Crippen LogP contribution in [0.4, 0.5) is 30.6 Å². The highest BCUT2D eigenvalue weighted by molar-refractivity contribution is 5.58. The number of nitrogens with one attached hydrogen (secondary N) is 2. The quantitative estimate of drug-likeness (QED) is 0.736. The monoisotopic (exact) mass is 425 g/mol. The van der Waals surface area contributed by atoms with Crippen molar-refractivity contribution in [2.75, 3.05) is 43.5 Å². The van der Waals surface area contributed by atoms with Gasteiger partial charge < -0.3 is 15.4 Å². The summed E-state index contributed by atoms with van der Waals surface area (Å²) in [6, 6.07) is 0.874. The van der Waals surface area contributed by atoms with Gasteiger partial charge in [0.2, 0.25) is 5.95 Å². The number of morpholine rings is 1. The fraction of sp³-hybridized carbons (Fsp3) is 0.632. The molecule has 1 saturated carbocycles. The van der Waals surface area contributed by atoms with Crippen LogP contribution >= 0.6 is 0 Å². The third kappa shape index (κ3) is 4.22. The Hall–Kier alpha value is -2.40. The lowest BCUT2D eigenvalue weighted by atomic mass is 9.85. The molecule has 2 aromatic rings. The van der Waals surface area contributed by atoms with Gasteiger partial charge in [-0.2, -0.15) is 23.3 Å². The predicted octanol–water partition coefficient (Wildman–Crippen LogP) is 3.21. The number of anilines is 3. The van der Waals surface area contributed by atoms with E-state index in [0.717, 1.165) is 51.0 Å². The Labute approximate surface area is 172 Å². The highest BCUT2D eigenvalue weighted by Crippen LogP contribution is 2.38. The Kier molecular flexibility index (Phi) is 5.83. The molecule has 164 valence electrons. The minimum Gasteiger partial charge on any atom is -0.379 e. The topological polar surface area (TPSA) is 80.1 Å². The molecule has 0 atom stereocenters. The van der Waals surface area contributed by atoms with Gasteiger partial charge in [-0.05, 0) is 26.7 Å².